The summed E-state index contributed by atoms with van der Waals surface area (Å²) >= 11 is 0. The van der Waals surface area contributed by atoms with Gasteiger partial charge in [0.15, 0.2) is 0 Å². The summed E-state index contributed by atoms with van der Waals surface area (Å²) in [6.07, 6.45) is 3.22. The SMILES string of the molecule is CCNc1ncc(S(=O)(=O)NCCCOCC(C)C)cn1. The van der Waals surface area contributed by atoms with Crippen LogP contribution in [0.1, 0.15) is 27.2 Å². The third kappa shape index (κ3) is 6.83. The molecule has 0 radical (unpaired) electrons. The molecule has 0 spiro atoms. The van der Waals surface area contributed by atoms with Crippen molar-refractivity contribution in [3.63, 3.8) is 0 Å². The first-order valence-electron chi connectivity index (χ1n) is 7.09. The molecule has 7 nitrogen and oxygen atoms in total. The van der Waals surface area contributed by atoms with E-state index in [0.29, 0.717) is 44.6 Å². The van der Waals surface area contributed by atoms with Crippen molar-refractivity contribution in [2.24, 2.45) is 5.92 Å². The predicted octanol–water partition coefficient (Wildman–Crippen LogP) is 1.25. The minimum atomic E-state index is -3.55. The van der Waals surface area contributed by atoms with Crippen molar-refractivity contribution in [1.29, 1.82) is 0 Å². The first-order valence-corrected chi connectivity index (χ1v) is 8.57. The number of rotatable bonds is 10. The van der Waals surface area contributed by atoms with Crippen LogP contribution in [0.2, 0.25) is 0 Å². The topological polar surface area (TPSA) is 93.2 Å². The van der Waals surface area contributed by atoms with Gasteiger partial charge in [0.2, 0.25) is 16.0 Å². The van der Waals surface area contributed by atoms with E-state index in [1.807, 2.05) is 6.92 Å². The van der Waals surface area contributed by atoms with Gasteiger partial charge in [-0.1, -0.05) is 13.8 Å². The first-order chi connectivity index (χ1) is 9.95. The normalized spacial score (nSPS) is 11.8. The fourth-order valence-corrected chi connectivity index (χ4v) is 2.45. The largest absolute Gasteiger partial charge is 0.381 e. The second kappa shape index (κ2) is 8.91. The van der Waals surface area contributed by atoms with Gasteiger partial charge in [-0.3, -0.25) is 0 Å². The Morgan fingerprint density at radius 1 is 1.29 bits per heavy atom. The van der Waals surface area contributed by atoms with Crippen LogP contribution >= 0.6 is 0 Å². The average molecular weight is 316 g/mol. The van der Waals surface area contributed by atoms with E-state index < -0.39 is 10.0 Å². The van der Waals surface area contributed by atoms with Gasteiger partial charge >= 0.3 is 0 Å². The van der Waals surface area contributed by atoms with Crippen molar-refractivity contribution in [1.82, 2.24) is 14.7 Å². The Hall–Kier alpha value is -1.25. The van der Waals surface area contributed by atoms with Gasteiger partial charge in [-0.15, -0.1) is 0 Å². The van der Waals surface area contributed by atoms with E-state index in [-0.39, 0.29) is 4.90 Å². The van der Waals surface area contributed by atoms with Crippen molar-refractivity contribution in [2.75, 3.05) is 31.6 Å². The van der Waals surface area contributed by atoms with E-state index in [0.717, 1.165) is 0 Å². The van der Waals surface area contributed by atoms with E-state index in [1.54, 1.807) is 0 Å². The molecule has 1 aromatic heterocycles. The summed E-state index contributed by atoms with van der Waals surface area (Å²) in [5.74, 6) is 0.896. The highest BCUT2D eigenvalue weighted by atomic mass is 32.2. The Balaban J connectivity index is 2.39. The Bertz CT molecular complexity index is 503. The van der Waals surface area contributed by atoms with E-state index in [1.165, 1.54) is 12.4 Å². The van der Waals surface area contributed by atoms with Crippen molar-refractivity contribution in [2.45, 2.75) is 32.1 Å². The molecule has 0 amide bonds. The fourth-order valence-electron chi connectivity index (χ4n) is 1.49. The highest BCUT2D eigenvalue weighted by molar-refractivity contribution is 7.89. The molecule has 0 saturated carbocycles. The Kier molecular flexibility index (Phi) is 7.55. The standard InChI is InChI=1S/C13H24N4O3S/c1-4-14-13-15-8-12(9-16-13)21(18,19)17-6-5-7-20-10-11(2)3/h8-9,11,17H,4-7,10H2,1-3H3,(H,14,15,16). The van der Waals surface area contributed by atoms with Crippen LogP contribution in [0.15, 0.2) is 17.3 Å². The number of aromatic nitrogens is 2. The smallest absolute Gasteiger partial charge is 0.243 e. The molecule has 0 bridgehead atoms. The maximum Gasteiger partial charge on any atom is 0.243 e. The summed E-state index contributed by atoms with van der Waals surface area (Å²) in [4.78, 5) is 7.95. The van der Waals surface area contributed by atoms with Gasteiger partial charge in [0, 0.05) is 26.3 Å². The number of anilines is 1. The molecule has 0 aromatic carbocycles. The molecule has 21 heavy (non-hydrogen) atoms. The van der Waals surface area contributed by atoms with Gasteiger partial charge in [-0.05, 0) is 19.3 Å². The molecule has 0 fully saturated rings. The van der Waals surface area contributed by atoms with Gasteiger partial charge in [-0.25, -0.2) is 23.1 Å². The minimum absolute atomic E-state index is 0.0623. The zero-order chi connectivity index (χ0) is 15.7. The lowest BCUT2D eigenvalue weighted by Crippen LogP contribution is -2.26. The highest BCUT2D eigenvalue weighted by Gasteiger charge is 2.14. The number of sulfonamides is 1. The molecule has 0 atom stereocenters. The van der Waals surface area contributed by atoms with Crippen LogP contribution in [0.25, 0.3) is 0 Å². The zero-order valence-corrected chi connectivity index (χ0v) is 13.6. The molecule has 120 valence electrons. The molecular weight excluding hydrogens is 292 g/mol. The van der Waals surface area contributed by atoms with Crippen LogP contribution in [-0.2, 0) is 14.8 Å². The molecule has 1 rings (SSSR count). The van der Waals surface area contributed by atoms with Crippen LogP contribution in [0.4, 0.5) is 5.95 Å². The second-order valence-electron chi connectivity index (χ2n) is 4.99. The van der Waals surface area contributed by atoms with Crippen LogP contribution < -0.4 is 10.0 Å². The van der Waals surface area contributed by atoms with Gasteiger partial charge in [0.1, 0.15) is 4.90 Å². The number of hydrogen-bond acceptors (Lipinski definition) is 6. The van der Waals surface area contributed by atoms with E-state index in [2.05, 4.69) is 33.9 Å². The predicted molar refractivity (Wildman–Crippen MR) is 81.7 cm³/mol. The zero-order valence-electron chi connectivity index (χ0n) is 12.8. The lowest BCUT2D eigenvalue weighted by atomic mass is 10.2. The molecule has 1 heterocycles. The van der Waals surface area contributed by atoms with E-state index in [9.17, 15) is 8.42 Å². The second-order valence-corrected chi connectivity index (χ2v) is 6.76. The third-order valence-electron chi connectivity index (χ3n) is 2.48. The molecule has 0 unspecified atom stereocenters. The summed E-state index contributed by atoms with van der Waals surface area (Å²) in [6.45, 7) is 8.29. The van der Waals surface area contributed by atoms with Crippen LogP contribution in [0.5, 0.6) is 0 Å². The molecule has 0 aliphatic rings. The van der Waals surface area contributed by atoms with Gasteiger partial charge < -0.3 is 10.1 Å². The summed E-state index contributed by atoms with van der Waals surface area (Å²) in [7, 11) is -3.55. The van der Waals surface area contributed by atoms with Crippen molar-refractivity contribution in [3.8, 4) is 0 Å². The average Bonchev–Trinajstić information content (AvgIpc) is 2.43. The maximum atomic E-state index is 12.0. The molecule has 0 aliphatic carbocycles. The Morgan fingerprint density at radius 3 is 2.52 bits per heavy atom. The fraction of sp³-hybridized carbons (Fsp3) is 0.692. The summed E-state index contributed by atoms with van der Waals surface area (Å²) in [5, 5.41) is 2.91. The Labute approximate surface area is 126 Å². The Morgan fingerprint density at radius 2 is 1.95 bits per heavy atom. The lowest BCUT2D eigenvalue weighted by Gasteiger charge is -2.08. The highest BCUT2D eigenvalue weighted by Crippen LogP contribution is 2.07. The summed E-state index contributed by atoms with van der Waals surface area (Å²) < 4.78 is 31.9. The van der Waals surface area contributed by atoms with Crippen LogP contribution in [0, 0.1) is 5.92 Å². The molecule has 0 saturated heterocycles. The van der Waals surface area contributed by atoms with E-state index in [4.69, 9.17) is 4.74 Å². The van der Waals surface area contributed by atoms with Gasteiger partial charge in [0.25, 0.3) is 0 Å². The van der Waals surface area contributed by atoms with Crippen molar-refractivity contribution >= 4 is 16.0 Å². The quantitative estimate of drug-likeness (QED) is 0.631. The molecular formula is C13H24N4O3S. The number of nitrogens with one attached hydrogen (secondary N) is 2. The van der Waals surface area contributed by atoms with Gasteiger partial charge in [-0.2, -0.15) is 0 Å². The van der Waals surface area contributed by atoms with Crippen LogP contribution in [0.3, 0.4) is 0 Å². The lowest BCUT2D eigenvalue weighted by molar-refractivity contribution is 0.108. The van der Waals surface area contributed by atoms with Crippen molar-refractivity contribution in [3.05, 3.63) is 12.4 Å². The van der Waals surface area contributed by atoms with Crippen molar-refractivity contribution < 1.29 is 13.2 Å². The molecule has 8 heteroatoms. The first kappa shape index (κ1) is 17.8. The van der Waals surface area contributed by atoms with Crippen LogP contribution in [-0.4, -0.2) is 44.7 Å². The minimum Gasteiger partial charge on any atom is -0.381 e. The number of hydrogen-bond donors (Lipinski definition) is 2. The summed E-state index contributed by atoms with van der Waals surface area (Å²) in [6, 6.07) is 0. The monoisotopic (exact) mass is 316 g/mol. The van der Waals surface area contributed by atoms with E-state index >= 15 is 0 Å². The van der Waals surface area contributed by atoms with Gasteiger partial charge in [0.05, 0.1) is 12.4 Å². The molecule has 1 aromatic rings. The third-order valence-corrected chi connectivity index (χ3v) is 3.90. The molecule has 2 N–H and O–H groups in total. The molecule has 0 aliphatic heterocycles. The number of nitrogens with zero attached hydrogens (tertiary/aromatic N) is 2. The maximum absolute atomic E-state index is 12.0. The number of ether oxygens (including phenoxy) is 1. The summed E-state index contributed by atoms with van der Waals surface area (Å²) in [5.41, 5.74) is 0.